The second-order valence-corrected chi connectivity index (χ2v) is 3.98. The van der Waals surface area contributed by atoms with Crippen LogP contribution in [0.3, 0.4) is 0 Å². The number of amides is 1. The molecular weight excluding hydrogens is 252 g/mol. The van der Waals surface area contributed by atoms with E-state index >= 15 is 0 Å². The molecule has 0 heterocycles. The number of carbonyl (C=O) groups is 1. The van der Waals surface area contributed by atoms with Crippen LogP contribution in [0.4, 0.5) is 16.2 Å². The van der Waals surface area contributed by atoms with Crippen LogP contribution in [0.2, 0.25) is 5.02 Å². The van der Waals surface area contributed by atoms with Crippen LogP contribution in [0.5, 0.6) is 5.75 Å². The maximum Gasteiger partial charge on any atom is 0.417 e. The van der Waals surface area contributed by atoms with Crippen molar-refractivity contribution < 1.29 is 9.53 Å². The second-order valence-electron chi connectivity index (χ2n) is 3.57. The molecule has 0 fully saturated rings. The van der Waals surface area contributed by atoms with Crippen LogP contribution in [-0.4, -0.2) is 6.09 Å². The van der Waals surface area contributed by atoms with Gasteiger partial charge in [-0.15, -0.1) is 0 Å². The number of benzene rings is 2. The number of anilines is 2. The van der Waals surface area contributed by atoms with E-state index in [9.17, 15) is 4.79 Å². The number of hydrogen-bond donors (Lipinski definition) is 2. The molecule has 0 radical (unpaired) electrons. The number of halogens is 1. The number of rotatable bonds is 2. The smallest absolute Gasteiger partial charge is 0.409 e. The van der Waals surface area contributed by atoms with Crippen molar-refractivity contribution in [3.63, 3.8) is 0 Å². The van der Waals surface area contributed by atoms with Crippen LogP contribution >= 0.6 is 11.6 Å². The lowest BCUT2D eigenvalue weighted by molar-refractivity contribution is 0.215. The Kier molecular flexibility index (Phi) is 3.69. The van der Waals surface area contributed by atoms with E-state index in [1.54, 1.807) is 48.5 Å². The van der Waals surface area contributed by atoms with Crippen LogP contribution in [-0.2, 0) is 0 Å². The minimum absolute atomic E-state index is 0.306. The van der Waals surface area contributed by atoms with E-state index in [4.69, 9.17) is 22.1 Å². The summed E-state index contributed by atoms with van der Waals surface area (Å²) in [4.78, 5) is 11.6. The van der Waals surface area contributed by atoms with Gasteiger partial charge in [-0.2, -0.15) is 0 Å². The number of ether oxygens (including phenoxy) is 1. The highest BCUT2D eigenvalue weighted by atomic mass is 35.5. The Morgan fingerprint density at radius 1 is 1.17 bits per heavy atom. The minimum atomic E-state index is -0.617. The van der Waals surface area contributed by atoms with E-state index in [1.807, 2.05) is 0 Å². The molecule has 2 aromatic rings. The summed E-state index contributed by atoms with van der Waals surface area (Å²) in [5.74, 6) is 0.306. The number of nitrogens with one attached hydrogen (secondary N) is 1. The third-order valence-electron chi connectivity index (χ3n) is 2.17. The minimum Gasteiger partial charge on any atom is -0.409 e. The van der Waals surface area contributed by atoms with Crippen molar-refractivity contribution in [2.45, 2.75) is 0 Å². The molecule has 5 heteroatoms. The van der Waals surface area contributed by atoms with Crippen molar-refractivity contribution in [2.75, 3.05) is 11.1 Å². The van der Waals surface area contributed by atoms with E-state index in [1.165, 1.54) is 0 Å². The van der Waals surface area contributed by atoms with E-state index in [2.05, 4.69) is 5.32 Å². The third kappa shape index (κ3) is 3.15. The zero-order chi connectivity index (χ0) is 13.0. The molecule has 0 aromatic heterocycles. The Morgan fingerprint density at radius 2 is 1.94 bits per heavy atom. The maximum atomic E-state index is 11.6. The highest BCUT2D eigenvalue weighted by molar-refractivity contribution is 6.32. The molecule has 2 aromatic carbocycles. The van der Waals surface area contributed by atoms with E-state index in [0.29, 0.717) is 22.1 Å². The quantitative estimate of drug-likeness (QED) is 0.814. The Hall–Kier alpha value is -2.20. The summed E-state index contributed by atoms with van der Waals surface area (Å²) in [6.45, 7) is 0. The summed E-state index contributed by atoms with van der Waals surface area (Å²) in [6.07, 6.45) is -0.617. The van der Waals surface area contributed by atoms with Gasteiger partial charge in [0.25, 0.3) is 0 Å². The van der Waals surface area contributed by atoms with Gasteiger partial charge >= 0.3 is 6.09 Å². The van der Waals surface area contributed by atoms with Gasteiger partial charge in [0.15, 0.2) is 5.75 Å². The summed E-state index contributed by atoms with van der Waals surface area (Å²) in [5, 5.41) is 2.93. The van der Waals surface area contributed by atoms with Crippen molar-refractivity contribution in [1.82, 2.24) is 0 Å². The van der Waals surface area contributed by atoms with Crippen molar-refractivity contribution in [2.24, 2.45) is 0 Å². The van der Waals surface area contributed by atoms with Gasteiger partial charge in [-0.1, -0.05) is 29.8 Å². The molecule has 0 saturated carbocycles. The molecule has 0 saturated heterocycles. The fraction of sp³-hybridized carbons (Fsp3) is 0. The number of para-hydroxylation sites is 1. The molecule has 1 amide bonds. The van der Waals surface area contributed by atoms with Gasteiger partial charge in [0.05, 0.1) is 5.02 Å². The first-order chi connectivity index (χ1) is 8.65. The Labute approximate surface area is 109 Å². The molecule has 3 N–H and O–H groups in total. The normalized spacial score (nSPS) is 9.83. The van der Waals surface area contributed by atoms with Crippen LogP contribution < -0.4 is 15.8 Å². The Bertz CT molecular complexity index is 572. The SMILES string of the molecule is Nc1cccc(NC(=O)Oc2ccccc2Cl)c1. The van der Waals surface area contributed by atoms with E-state index in [-0.39, 0.29) is 0 Å². The molecule has 2 rings (SSSR count). The van der Waals surface area contributed by atoms with Crippen molar-refractivity contribution in [3.05, 3.63) is 53.6 Å². The van der Waals surface area contributed by atoms with Crippen molar-refractivity contribution in [3.8, 4) is 5.75 Å². The number of nitrogens with two attached hydrogens (primary N) is 1. The van der Waals surface area contributed by atoms with Crippen LogP contribution in [0.1, 0.15) is 0 Å². The molecule has 4 nitrogen and oxygen atoms in total. The molecule has 0 unspecified atom stereocenters. The van der Waals surface area contributed by atoms with Crippen molar-refractivity contribution in [1.29, 1.82) is 0 Å². The molecule has 0 aliphatic carbocycles. The largest absolute Gasteiger partial charge is 0.417 e. The maximum absolute atomic E-state index is 11.6. The monoisotopic (exact) mass is 262 g/mol. The van der Waals surface area contributed by atoms with Crippen LogP contribution in [0.25, 0.3) is 0 Å². The zero-order valence-electron chi connectivity index (χ0n) is 9.39. The first-order valence-corrected chi connectivity index (χ1v) is 5.62. The number of hydrogen-bond acceptors (Lipinski definition) is 3. The summed E-state index contributed by atoms with van der Waals surface area (Å²) in [6, 6.07) is 13.6. The van der Waals surface area contributed by atoms with E-state index in [0.717, 1.165) is 0 Å². The molecule has 0 aliphatic rings. The standard InChI is InChI=1S/C13H11ClN2O2/c14-11-6-1-2-7-12(11)18-13(17)16-10-5-3-4-9(15)8-10/h1-8H,15H2,(H,16,17). The third-order valence-corrected chi connectivity index (χ3v) is 2.48. The van der Waals surface area contributed by atoms with Gasteiger partial charge in [0.2, 0.25) is 0 Å². The molecule has 0 spiro atoms. The Balaban J connectivity index is 2.03. The lowest BCUT2D eigenvalue weighted by atomic mass is 10.3. The van der Waals surface area contributed by atoms with Crippen LogP contribution in [0, 0.1) is 0 Å². The number of carbonyl (C=O) groups excluding carboxylic acids is 1. The van der Waals surface area contributed by atoms with E-state index < -0.39 is 6.09 Å². The van der Waals surface area contributed by atoms with Crippen molar-refractivity contribution >= 4 is 29.1 Å². The number of nitrogen functional groups attached to an aromatic ring is 1. The molecule has 92 valence electrons. The molecular formula is C13H11ClN2O2. The van der Waals surface area contributed by atoms with Gasteiger partial charge in [-0.05, 0) is 30.3 Å². The highest BCUT2D eigenvalue weighted by Crippen LogP contribution is 2.23. The lowest BCUT2D eigenvalue weighted by Gasteiger charge is -2.08. The molecule has 0 aliphatic heterocycles. The first kappa shape index (κ1) is 12.3. The van der Waals surface area contributed by atoms with Gasteiger partial charge in [0, 0.05) is 11.4 Å². The zero-order valence-corrected chi connectivity index (χ0v) is 10.1. The lowest BCUT2D eigenvalue weighted by Crippen LogP contribution is -2.16. The van der Waals surface area contributed by atoms with Gasteiger partial charge < -0.3 is 10.5 Å². The summed E-state index contributed by atoms with van der Waals surface area (Å²) in [7, 11) is 0. The van der Waals surface area contributed by atoms with Gasteiger partial charge in [-0.25, -0.2) is 4.79 Å². The summed E-state index contributed by atoms with van der Waals surface area (Å²) >= 11 is 5.87. The average Bonchev–Trinajstić information content (AvgIpc) is 2.32. The predicted octanol–water partition coefficient (Wildman–Crippen LogP) is 3.53. The first-order valence-electron chi connectivity index (χ1n) is 5.24. The molecule has 18 heavy (non-hydrogen) atoms. The second kappa shape index (κ2) is 5.42. The van der Waals surface area contributed by atoms with Gasteiger partial charge in [0.1, 0.15) is 0 Å². The fourth-order valence-corrected chi connectivity index (χ4v) is 1.56. The summed E-state index contributed by atoms with van der Waals surface area (Å²) < 4.78 is 5.07. The molecule has 0 atom stereocenters. The predicted molar refractivity (Wildman–Crippen MR) is 72.0 cm³/mol. The molecule has 0 bridgehead atoms. The topological polar surface area (TPSA) is 64.3 Å². The summed E-state index contributed by atoms with van der Waals surface area (Å²) in [5.41, 5.74) is 6.72. The average molecular weight is 263 g/mol. The highest BCUT2D eigenvalue weighted by Gasteiger charge is 2.07. The van der Waals surface area contributed by atoms with Gasteiger partial charge in [-0.3, -0.25) is 5.32 Å². The van der Waals surface area contributed by atoms with Crippen LogP contribution in [0.15, 0.2) is 48.5 Å². The Morgan fingerprint density at radius 3 is 2.67 bits per heavy atom. The fourth-order valence-electron chi connectivity index (χ4n) is 1.39.